The van der Waals surface area contributed by atoms with Crippen molar-refractivity contribution in [2.75, 3.05) is 13.7 Å². The molecular formula is C15H17F5O3. The Hall–Kier alpha value is -1.70. The van der Waals surface area contributed by atoms with Crippen LogP contribution < -0.4 is 0 Å². The molecule has 1 atom stereocenters. The summed E-state index contributed by atoms with van der Waals surface area (Å²) in [6.45, 7) is 2.91. The van der Waals surface area contributed by atoms with Crippen molar-refractivity contribution in [1.29, 1.82) is 0 Å². The second-order valence-corrected chi connectivity index (χ2v) is 5.11. The Morgan fingerprint density at radius 3 is 2.00 bits per heavy atom. The lowest BCUT2D eigenvalue weighted by Crippen LogP contribution is -2.43. The van der Waals surface area contributed by atoms with Gasteiger partial charge in [-0.05, 0) is 31.5 Å². The standard InChI is InChI=1S/C15H17F5O3/c1-4-23-12(21)10-5-7-11(8-6-10)13(2,22-3)9-14(16,17)15(18,19)20/h5-8H,4,9H2,1-3H3. The van der Waals surface area contributed by atoms with Crippen LogP contribution in [0.4, 0.5) is 22.0 Å². The Morgan fingerprint density at radius 2 is 1.61 bits per heavy atom. The highest BCUT2D eigenvalue weighted by atomic mass is 19.4. The van der Waals surface area contributed by atoms with Gasteiger partial charge in [-0.2, -0.15) is 22.0 Å². The maximum absolute atomic E-state index is 13.3. The van der Waals surface area contributed by atoms with Crippen LogP contribution in [0.25, 0.3) is 0 Å². The van der Waals surface area contributed by atoms with E-state index in [1.54, 1.807) is 6.92 Å². The van der Waals surface area contributed by atoms with Gasteiger partial charge in [0.2, 0.25) is 0 Å². The van der Waals surface area contributed by atoms with Crippen molar-refractivity contribution in [3.8, 4) is 0 Å². The molecule has 0 saturated carbocycles. The number of esters is 1. The Kier molecular flexibility index (Phi) is 5.74. The molecule has 3 nitrogen and oxygen atoms in total. The highest BCUT2D eigenvalue weighted by Gasteiger charge is 2.60. The van der Waals surface area contributed by atoms with E-state index in [0.29, 0.717) is 0 Å². The summed E-state index contributed by atoms with van der Waals surface area (Å²) in [5.41, 5.74) is -1.61. The first kappa shape index (κ1) is 19.3. The fraction of sp³-hybridized carbons (Fsp3) is 0.533. The summed E-state index contributed by atoms with van der Waals surface area (Å²) in [5, 5.41) is 0. The summed E-state index contributed by atoms with van der Waals surface area (Å²) in [6.07, 6.45) is -7.24. The summed E-state index contributed by atoms with van der Waals surface area (Å²) in [4.78, 5) is 11.5. The van der Waals surface area contributed by atoms with Crippen LogP contribution in [-0.4, -0.2) is 31.8 Å². The predicted octanol–water partition coefficient (Wildman–Crippen LogP) is 4.31. The Bertz CT molecular complexity index is 539. The fourth-order valence-electron chi connectivity index (χ4n) is 1.99. The predicted molar refractivity (Wildman–Crippen MR) is 72.4 cm³/mol. The zero-order valence-electron chi connectivity index (χ0n) is 12.8. The number of alkyl halides is 5. The molecule has 0 aliphatic carbocycles. The van der Waals surface area contributed by atoms with E-state index in [4.69, 9.17) is 9.47 Å². The van der Waals surface area contributed by atoms with Crippen LogP contribution >= 0.6 is 0 Å². The first-order chi connectivity index (χ1) is 10.5. The van der Waals surface area contributed by atoms with Gasteiger partial charge in [-0.15, -0.1) is 0 Å². The molecule has 1 rings (SSSR count). The molecule has 0 fully saturated rings. The van der Waals surface area contributed by atoms with Crippen LogP contribution in [0.15, 0.2) is 24.3 Å². The quantitative estimate of drug-likeness (QED) is 0.572. The molecule has 1 unspecified atom stereocenters. The molecule has 23 heavy (non-hydrogen) atoms. The van der Waals surface area contributed by atoms with E-state index >= 15 is 0 Å². The monoisotopic (exact) mass is 340 g/mol. The topological polar surface area (TPSA) is 35.5 Å². The Labute approximate surface area is 130 Å². The summed E-state index contributed by atoms with van der Waals surface area (Å²) >= 11 is 0. The van der Waals surface area contributed by atoms with Gasteiger partial charge in [-0.25, -0.2) is 4.79 Å². The molecular weight excluding hydrogens is 323 g/mol. The Balaban J connectivity index is 3.07. The number of carbonyl (C=O) groups is 1. The third kappa shape index (κ3) is 4.40. The number of rotatable bonds is 6. The van der Waals surface area contributed by atoms with Crippen molar-refractivity contribution >= 4 is 5.97 Å². The SMILES string of the molecule is CCOC(=O)c1ccc(C(C)(CC(F)(F)C(F)(F)F)OC)cc1. The van der Waals surface area contributed by atoms with Gasteiger partial charge < -0.3 is 9.47 Å². The van der Waals surface area contributed by atoms with E-state index in [-0.39, 0.29) is 17.7 Å². The molecule has 8 heteroatoms. The Morgan fingerprint density at radius 1 is 1.09 bits per heavy atom. The third-order valence-electron chi connectivity index (χ3n) is 3.43. The summed E-state index contributed by atoms with van der Waals surface area (Å²) < 4.78 is 73.5. The van der Waals surface area contributed by atoms with Crippen LogP contribution in [0.5, 0.6) is 0 Å². The average Bonchev–Trinajstić information content (AvgIpc) is 2.46. The van der Waals surface area contributed by atoms with Crippen molar-refractivity contribution in [3.05, 3.63) is 35.4 Å². The molecule has 0 aliphatic rings. The smallest absolute Gasteiger partial charge is 0.453 e. The minimum Gasteiger partial charge on any atom is -0.462 e. The molecule has 0 aliphatic heterocycles. The van der Waals surface area contributed by atoms with Crippen LogP contribution in [0.2, 0.25) is 0 Å². The molecule has 0 bridgehead atoms. The molecule has 0 amide bonds. The largest absolute Gasteiger partial charge is 0.462 e. The van der Waals surface area contributed by atoms with E-state index in [9.17, 15) is 26.7 Å². The van der Waals surface area contributed by atoms with Gasteiger partial charge in [0.1, 0.15) is 0 Å². The van der Waals surface area contributed by atoms with Gasteiger partial charge in [-0.3, -0.25) is 0 Å². The van der Waals surface area contributed by atoms with Crippen molar-refractivity contribution < 1.29 is 36.2 Å². The molecule has 0 aromatic heterocycles. The molecule has 130 valence electrons. The summed E-state index contributed by atoms with van der Waals surface area (Å²) in [5.74, 6) is -5.52. The number of benzene rings is 1. The number of methoxy groups -OCH3 is 1. The number of halogens is 5. The first-order valence-corrected chi connectivity index (χ1v) is 6.74. The molecule has 0 N–H and O–H groups in total. The van der Waals surface area contributed by atoms with Crippen LogP contribution in [0.1, 0.15) is 36.2 Å². The number of hydrogen-bond donors (Lipinski definition) is 0. The zero-order valence-corrected chi connectivity index (χ0v) is 12.8. The minimum absolute atomic E-state index is 0.0944. The van der Waals surface area contributed by atoms with Gasteiger partial charge in [0.05, 0.1) is 24.2 Å². The summed E-state index contributed by atoms with van der Waals surface area (Å²) in [7, 11) is 1.05. The van der Waals surface area contributed by atoms with E-state index in [0.717, 1.165) is 14.0 Å². The number of ether oxygens (including phenoxy) is 2. The molecule has 1 aromatic carbocycles. The zero-order chi connectivity index (χ0) is 17.9. The maximum atomic E-state index is 13.3. The van der Waals surface area contributed by atoms with Gasteiger partial charge in [0, 0.05) is 7.11 Å². The second kappa shape index (κ2) is 6.82. The fourth-order valence-corrected chi connectivity index (χ4v) is 1.99. The molecule has 1 aromatic rings. The molecule has 0 saturated heterocycles. The van der Waals surface area contributed by atoms with Gasteiger partial charge in [0.15, 0.2) is 0 Å². The highest BCUT2D eigenvalue weighted by Crippen LogP contribution is 2.45. The lowest BCUT2D eigenvalue weighted by molar-refractivity contribution is -0.298. The van der Waals surface area contributed by atoms with Crippen molar-refractivity contribution in [2.45, 2.75) is 38.0 Å². The van der Waals surface area contributed by atoms with E-state index in [1.807, 2.05) is 0 Å². The number of carbonyl (C=O) groups excluding carboxylic acids is 1. The molecule has 0 heterocycles. The molecule has 0 spiro atoms. The third-order valence-corrected chi connectivity index (χ3v) is 3.43. The minimum atomic E-state index is -5.67. The van der Waals surface area contributed by atoms with Crippen LogP contribution in [0, 0.1) is 0 Å². The van der Waals surface area contributed by atoms with Crippen molar-refractivity contribution in [2.24, 2.45) is 0 Å². The lowest BCUT2D eigenvalue weighted by Gasteiger charge is -2.33. The first-order valence-electron chi connectivity index (χ1n) is 6.74. The van der Waals surface area contributed by atoms with Crippen molar-refractivity contribution in [1.82, 2.24) is 0 Å². The summed E-state index contributed by atoms with van der Waals surface area (Å²) in [6, 6.07) is 5.11. The van der Waals surface area contributed by atoms with Gasteiger partial charge in [0.25, 0.3) is 0 Å². The second-order valence-electron chi connectivity index (χ2n) is 5.11. The highest BCUT2D eigenvalue weighted by molar-refractivity contribution is 5.89. The van der Waals surface area contributed by atoms with Gasteiger partial charge >= 0.3 is 18.1 Å². The van der Waals surface area contributed by atoms with E-state index < -0.39 is 30.1 Å². The number of hydrogen-bond acceptors (Lipinski definition) is 3. The average molecular weight is 340 g/mol. The lowest BCUT2D eigenvalue weighted by atomic mass is 9.88. The van der Waals surface area contributed by atoms with Gasteiger partial charge in [-0.1, -0.05) is 12.1 Å². The van der Waals surface area contributed by atoms with Crippen LogP contribution in [-0.2, 0) is 15.1 Å². The molecule has 0 radical (unpaired) electrons. The van der Waals surface area contributed by atoms with Crippen LogP contribution in [0.3, 0.4) is 0 Å². The van der Waals surface area contributed by atoms with E-state index in [2.05, 4.69) is 0 Å². The van der Waals surface area contributed by atoms with Crippen molar-refractivity contribution in [3.63, 3.8) is 0 Å². The maximum Gasteiger partial charge on any atom is 0.453 e. The van der Waals surface area contributed by atoms with E-state index in [1.165, 1.54) is 24.3 Å². The normalized spacial score (nSPS) is 15.1.